The molecule has 1 unspecified atom stereocenters. The van der Waals surface area contributed by atoms with E-state index in [0.29, 0.717) is 12.2 Å². The van der Waals surface area contributed by atoms with Crippen LogP contribution in [-0.2, 0) is 17.6 Å². The maximum Gasteiger partial charge on any atom is 0.136 e. The van der Waals surface area contributed by atoms with E-state index in [1.54, 1.807) is 0 Å². The lowest BCUT2D eigenvalue weighted by Crippen LogP contribution is -2.25. The molecule has 0 radical (unpaired) electrons. The summed E-state index contributed by atoms with van der Waals surface area (Å²) >= 11 is 0. The predicted molar refractivity (Wildman–Crippen MR) is 66.4 cm³/mol. The first-order chi connectivity index (χ1) is 8.31. The second-order valence-electron chi connectivity index (χ2n) is 5.16. The van der Waals surface area contributed by atoms with Crippen molar-refractivity contribution in [2.75, 3.05) is 0 Å². The summed E-state index contributed by atoms with van der Waals surface area (Å²) in [5, 5.41) is 0. The van der Waals surface area contributed by atoms with Crippen molar-refractivity contribution >= 4 is 5.78 Å². The Hall–Kier alpha value is -1.31. The van der Waals surface area contributed by atoms with E-state index in [9.17, 15) is 4.79 Å². The van der Waals surface area contributed by atoms with Crippen molar-refractivity contribution in [3.05, 3.63) is 29.3 Å². The van der Waals surface area contributed by atoms with Crippen molar-refractivity contribution < 1.29 is 9.53 Å². The zero-order valence-electron chi connectivity index (χ0n) is 10.1. The quantitative estimate of drug-likeness (QED) is 0.780. The molecule has 0 aliphatic heterocycles. The van der Waals surface area contributed by atoms with Crippen LogP contribution in [0.5, 0.6) is 5.75 Å². The van der Waals surface area contributed by atoms with Crippen LogP contribution in [0.2, 0.25) is 0 Å². The monoisotopic (exact) mass is 230 g/mol. The molecule has 2 aliphatic carbocycles. The number of carbonyl (C=O) groups excluding carboxylic acids is 1. The van der Waals surface area contributed by atoms with Gasteiger partial charge in [0.25, 0.3) is 0 Å². The second-order valence-corrected chi connectivity index (χ2v) is 5.16. The lowest BCUT2D eigenvalue weighted by molar-refractivity contribution is -0.122. The highest BCUT2D eigenvalue weighted by Gasteiger charge is 2.21. The maximum absolute atomic E-state index is 11.4. The van der Waals surface area contributed by atoms with Crippen LogP contribution < -0.4 is 4.74 Å². The van der Waals surface area contributed by atoms with Crippen LogP contribution in [0.1, 0.15) is 43.2 Å². The van der Waals surface area contributed by atoms with Crippen LogP contribution in [-0.4, -0.2) is 11.9 Å². The van der Waals surface area contributed by atoms with Gasteiger partial charge < -0.3 is 4.74 Å². The van der Waals surface area contributed by atoms with Crippen molar-refractivity contribution in [1.82, 2.24) is 0 Å². The van der Waals surface area contributed by atoms with Crippen molar-refractivity contribution in [2.45, 2.75) is 51.0 Å². The Labute approximate surface area is 102 Å². The fourth-order valence-corrected chi connectivity index (χ4v) is 2.90. The molecule has 1 saturated carbocycles. The molecular formula is C15H18O2. The first-order valence-corrected chi connectivity index (χ1v) is 6.61. The number of ketones is 1. The molecule has 1 aromatic carbocycles. The third-order valence-electron chi connectivity index (χ3n) is 3.81. The van der Waals surface area contributed by atoms with Gasteiger partial charge in [-0.15, -0.1) is 0 Å². The Morgan fingerprint density at radius 2 is 1.94 bits per heavy atom. The van der Waals surface area contributed by atoms with Gasteiger partial charge in [-0.2, -0.15) is 0 Å². The van der Waals surface area contributed by atoms with Gasteiger partial charge in [-0.05, 0) is 55.4 Å². The normalized spacial score (nSPS) is 23.5. The van der Waals surface area contributed by atoms with E-state index in [2.05, 4.69) is 18.2 Å². The largest absolute Gasteiger partial charge is 0.490 e. The highest BCUT2D eigenvalue weighted by Crippen LogP contribution is 2.28. The minimum Gasteiger partial charge on any atom is -0.490 e. The van der Waals surface area contributed by atoms with Crippen molar-refractivity contribution in [3.8, 4) is 5.75 Å². The first kappa shape index (κ1) is 10.8. The predicted octanol–water partition coefficient (Wildman–Crippen LogP) is 3.07. The number of benzene rings is 1. The third kappa shape index (κ3) is 2.36. The number of fused-ring (bicyclic) bond motifs is 1. The van der Waals surface area contributed by atoms with E-state index in [1.165, 1.54) is 30.4 Å². The number of carbonyl (C=O) groups is 1. The zero-order valence-corrected chi connectivity index (χ0v) is 10.1. The van der Waals surface area contributed by atoms with E-state index >= 15 is 0 Å². The summed E-state index contributed by atoms with van der Waals surface area (Å²) in [6.07, 6.45) is 7.09. The van der Waals surface area contributed by atoms with Gasteiger partial charge in [0, 0.05) is 12.8 Å². The van der Waals surface area contributed by atoms with Crippen molar-refractivity contribution in [1.29, 1.82) is 0 Å². The summed E-state index contributed by atoms with van der Waals surface area (Å²) in [6, 6.07) is 6.41. The van der Waals surface area contributed by atoms with Crippen LogP contribution in [0.4, 0.5) is 0 Å². The van der Waals surface area contributed by atoms with E-state index in [-0.39, 0.29) is 6.10 Å². The van der Waals surface area contributed by atoms with Crippen LogP contribution >= 0.6 is 0 Å². The molecule has 1 aromatic rings. The molecule has 90 valence electrons. The van der Waals surface area contributed by atoms with Crippen LogP contribution in [0.3, 0.4) is 0 Å². The Bertz CT molecular complexity index is 437. The summed E-state index contributed by atoms with van der Waals surface area (Å²) in [7, 11) is 0. The summed E-state index contributed by atoms with van der Waals surface area (Å²) in [5.74, 6) is 1.30. The average Bonchev–Trinajstić information content (AvgIpc) is 2.76. The van der Waals surface area contributed by atoms with Gasteiger partial charge in [-0.1, -0.05) is 6.07 Å². The Kier molecular flexibility index (Phi) is 2.87. The van der Waals surface area contributed by atoms with Crippen LogP contribution in [0.15, 0.2) is 18.2 Å². The number of hydrogen-bond acceptors (Lipinski definition) is 2. The number of aryl methyl sites for hydroxylation is 2. The first-order valence-electron chi connectivity index (χ1n) is 6.61. The Morgan fingerprint density at radius 1 is 1.06 bits per heavy atom. The highest BCUT2D eigenvalue weighted by molar-refractivity contribution is 5.79. The lowest BCUT2D eigenvalue weighted by Gasteiger charge is -2.22. The van der Waals surface area contributed by atoms with Gasteiger partial charge in [0.05, 0.1) is 0 Å². The van der Waals surface area contributed by atoms with E-state index in [1.807, 2.05) is 0 Å². The molecule has 0 spiro atoms. The van der Waals surface area contributed by atoms with Crippen LogP contribution in [0, 0.1) is 0 Å². The fraction of sp³-hybridized carbons (Fsp3) is 0.533. The Morgan fingerprint density at radius 3 is 2.82 bits per heavy atom. The van der Waals surface area contributed by atoms with Crippen molar-refractivity contribution in [2.24, 2.45) is 0 Å². The van der Waals surface area contributed by atoms with Gasteiger partial charge in [0.15, 0.2) is 0 Å². The van der Waals surface area contributed by atoms with Gasteiger partial charge in [-0.25, -0.2) is 0 Å². The lowest BCUT2D eigenvalue weighted by atomic mass is 9.96. The highest BCUT2D eigenvalue weighted by atomic mass is 16.5. The maximum atomic E-state index is 11.4. The summed E-state index contributed by atoms with van der Waals surface area (Å²) in [4.78, 5) is 11.4. The molecule has 0 amide bonds. The standard InChI is InChI=1S/C15H18O2/c16-13-5-2-6-14(10-13)17-15-8-7-11-3-1-4-12(11)9-15/h7-9,14H,1-6,10H2. The molecule has 2 heteroatoms. The molecule has 1 fully saturated rings. The summed E-state index contributed by atoms with van der Waals surface area (Å²) < 4.78 is 5.93. The van der Waals surface area contributed by atoms with Crippen molar-refractivity contribution in [3.63, 3.8) is 0 Å². The van der Waals surface area contributed by atoms with Crippen LogP contribution in [0.25, 0.3) is 0 Å². The smallest absolute Gasteiger partial charge is 0.136 e. The number of Topliss-reactive ketones (excluding diaryl/α,β-unsaturated/α-hetero) is 1. The molecule has 3 rings (SSSR count). The molecule has 0 heterocycles. The summed E-state index contributed by atoms with van der Waals surface area (Å²) in [5.41, 5.74) is 2.90. The molecule has 0 aromatic heterocycles. The SMILES string of the molecule is O=C1CCCC(Oc2ccc3c(c2)CCC3)C1. The van der Waals surface area contributed by atoms with Gasteiger partial charge in [-0.3, -0.25) is 4.79 Å². The Balaban J connectivity index is 1.70. The summed E-state index contributed by atoms with van der Waals surface area (Å²) in [6.45, 7) is 0. The molecule has 1 atom stereocenters. The van der Waals surface area contributed by atoms with E-state index < -0.39 is 0 Å². The zero-order chi connectivity index (χ0) is 11.7. The third-order valence-corrected chi connectivity index (χ3v) is 3.81. The molecule has 0 bridgehead atoms. The molecule has 0 saturated heterocycles. The van der Waals surface area contributed by atoms with Gasteiger partial charge in [0.1, 0.15) is 17.6 Å². The minimum atomic E-state index is 0.107. The topological polar surface area (TPSA) is 26.3 Å². The second kappa shape index (κ2) is 4.52. The van der Waals surface area contributed by atoms with E-state index in [4.69, 9.17) is 4.74 Å². The van der Waals surface area contributed by atoms with Gasteiger partial charge in [0.2, 0.25) is 0 Å². The molecule has 0 N–H and O–H groups in total. The minimum absolute atomic E-state index is 0.107. The van der Waals surface area contributed by atoms with Gasteiger partial charge >= 0.3 is 0 Å². The number of hydrogen-bond donors (Lipinski definition) is 0. The molecule has 2 aliphatic rings. The van der Waals surface area contributed by atoms with E-state index in [0.717, 1.165) is 25.0 Å². The number of rotatable bonds is 2. The molecule has 2 nitrogen and oxygen atoms in total. The fourth-order valence-electron chi connectivity index (χ4n) is 2.90. The number of ether oxygens (including phenoxy) is 1. The molecule has 17 heavy (non-hydrogen) atoms. The molecular weight excluding hydrogens is 212 g/mol. The average molecular weight is 230 g/mol.